The van der Waals surface area contributed by atoms with Crippen LogP contribution in [0.1, 0.15) is 0 Å². The lowest BCUT2D eigenvalue weighted by Gasteiger charge is -2.04. The molecule has 4 aromatic carbocycles. The van der Waals surface area contributed by atoms with E-state index in [1.165, 1.54) is 21.9 Å². The topological polar surface area (TPSA) is 13.1 Å². The normalized spacial score (nSPS) is 11.5. The minimum absolute atomic E-state index is 0.912. The number of fused-ring (bicyclic) bond motifs is 4. The average molecular weight is 373 g/mol. The summed E-state index contributed by atoms with van der Waals surface area (Å²) in [5.41, 5.74) is 4.22. The first-order valence-electron chi connectivity index (χ1n) is 7.89. The van der Waals surface area contributed by atoms with Crippen LogP contribution in [0.25, 0.3) is 43.8 Å². The van der Waals surface area contributed by atoms with E-state index in [0.29, 0.717) is 0 Å². The lowest BCUT2D eigenvalue weighted by atomic mass is 10.0. The molecule has 2 heteroatoms. The molecule has 0 aliphatic carbocycles. The van der Waals surface area contributed by atoms with Gasteiger partial charge in [0.2, 0.25) is 0 Å². The van der Waals surface area contributed by atoms with Crippen molar-refractivity contribution in [2.75, 3.05) is 0 Å². The summed E-state index contributed by atoms with van der Waals surface area (Å²) in [6.45, 7) is 0. The van der Waals surface area contributed by atoms with E-state index < -0.39 is 0 Å². The van der Waals surface area contributed by atoms with E-state index in [4.69, 9.17) is 4.42 Å². The summed E-state index contributed by atoms with van der Waals surface area (Å²) in [7, 11) is 0. The van der Waals surface area contributed by atoms with E-state index in [-0.39, 0.29) is 0 Å². The van der Waals surface area contributed by atoms with Crippen molar-refractivity contribution in [2.45, 2.75) is 0 Å². The van der Waals surface area contributed by atoms with Gasteiger partial charge in [0.05, 0.1) is 0 Å². The van der Waals surface area contributed by atoms with E-state index >= 15 is 0 Å². The fourth-order valence-electron chi connectivity index (χ4n) is 3.30. The fourth-order valence-corrected chi connectivity index (χ4v) is 3.64. The van der Waals surface area contributed by atoms with Gasteiger partial charge in [0.1, 0.15) is 11.2 Å². The molecule has 0 fully saturated rings. The Balaban J connectivity index is 1.72. The molecule has 0 bridgehead atoms. The fraction of sp³-hybridized carbons (Fsp3) is 0. The van der Waals surface area contributed by atoms with Crippen molar-refractivity contribution >= 4 is 48.6 Å². The van der Waals surface area contributed by atoms with Crippen molar-refractivity contribution in [3.05, 3.63) is 83.3 Å². The molecule has 0 radical (unpaired) electrons. The molecule has 1 nitrogen and oxygen atoms in total. The summed E-state index contributed by atoms with van der Waals surface area (Å²) in [6, 6.07) is 27.6. The first-order chi connectivity index (χ1) is 11.8. The second-order valence-corrected chi connectivity index (χ2v) is 6.93. The van der Waals surface area contributed by atoms with Gasteiger partial charge in [0, 0.05) is 15.2 Å². The molecule has 0 aliphatic heterocycles. The number of hydrogen-bond donors (Lipinski definition) is 0. The predicted molar refractivity (Wildman–Crippen MR) is 104 cm³/mol. The standard InChI is InChI=1S/C22H13BrO/c23-18-8-10-20-19-9-7-17(12-21(19)24-22(20)13-18)16-6-5-14-3-1-2-4-15(14)11-16/h1-13H. The van der Waals surface area contributed by atoms with Crippen molar-refractivity contribution < 1.29 is 4.42 Å². The highest BCUT2D eigenvalue weighted by Crippen LogP contribution is 2.34. The smallest absolute Gasteiger partial charge is 0.136 e. The lowest BCUT2D eigenvalue weighted by Crippen LogP contribution is -1.79. The Labute approximate surface area is 147 Å². The highest BCUT2D eigenvalue weighted by Gasteiger charge is 2.09. The van der Waals surface area contributed by atoms with Crippen LogP contribution < -0.4 is 0 Å². The number of furan rings is 1. The van der Waals surface area contributed by atoms with Gasteiger partial charge < -0.3 is 4.42 Å². The van der Waals surface area contributed by atoms with E-state index in [2.05, 4.69) is 88.7 Å². The Bertz CT molecular complexity index is 1220. The first kappa shape index (κ1) is 13.8. The van der Waals surface area contributed by atoms with E-state index in [9.17, 15) is 0 Å². The Hall–Kier alpha value is -2.58. The second kappa shape index (κ2) is 5.22. The van der Waals surface area contributed by atoms with Crippen molar-refractivity contribution in [3.63, 3.8) is 0 Å². The number of hydrogen-bond acceptors (Lipinski definition) is 1. The van der Waals surface area contributed by atoms with Crippen molar-refractivity contribution in [3.8, 4) is 11.1 Å². The average Bonchev–Trinajstić information content (AvgIpc) is 2.97. The first-order valence-corrected chi connectivity index (χ1v) is 8.68. The summed E-state index contributed by atoms with van der Waals surface area (Å²) < 4.78 is 7.08. The van der Waals surface area contributed by atoms with Gasteiger partial charge in [-0.3, -0.25) is 0 Å². The third-order valence-electron chi connectivity index (χ3n) is 4.52. The lowest BCUT2D eigenvalue weighted by molar-refractivity contribution is 0.669. The molecule has 0 N–H and O–H groups in total. The monoisotopic (exact) mass is 372 g/mol. The predicted octanol–water partition coefficient (Wildman–Crippen LogP) is 7.17. The molecule has 0 aliphatic rings. The van der Waals surface area contributed by atoms with E-state index in [1.807, 2.05) is 6.07 Å². The Morgan fingerprint density at radius 2 is 1.25 bits per heavy atom. The summed E-state index contributed by atoms with van der Waals surface area (Å²) >= 11 is 3.50. The molecule has 1 aromatic heterocycles. The Kier molecular flexibility index (Phi) is 3.00. The molecule has 0 spiro atoms. The number of benzene rings is 4. The zero-order chi connectivity index (χ0) is 16.1. The van der Waals surface area contributed by atoms with Crippen LogP contribution in [0.4, 0.5) is 0 Å². The van der Waals surface area contributed by atoms with Crippen molar-refractivity contribution in [1.29, 1.82) is 0 Å². The minimum atomic E-state index is 0.912. The highest BCUT2D eigenvalue weighted by atomic mass is 79.9. The van der Waals surface area contributed by atoms with Crippen LogP contribution in [0.2, 0.25) is 0 Å². The van der Waals surface area contributed by atoms with Crippen LogP contribution in [-0.4, -0.2) is 0 Å². The zero-order valence-corrected chi connectivity index (χ0v) is 14.4. The van der Waals surface area contributed by atoms with Crippen LogP contribution in [-0.2, 0) is 0 Å². The quantitative estimate of drug-likeness (QED) is 0.304. The molecule has 1 heterocycles. The van der Waals surface area contributed by atoms with Crippen LogP contribution in [0, 0.1) is 0 Å². The summed E-state index contributed by atoms with van der Waals surface area (Å²) in [6.07, 6.45) is 0. The third-order valence-corrected chi connectivity index (χ3v) is 5.01. The Morgan fingerprint density at radius 1 is 0.583 bits per heavy atom. The van der Waals surface area contributed by atoms with Gasteiger partial charge in [-0.25, -0.2) is 0 Å². The molecule has 5 aromatic rings. The minimum Gasteiger partial charge on any atom is -0.456 e. The largest absolute Gasteiger partial charge is 0.456 e. The van der Waals surface area contributed by atoms with Crippen molar-refractivity contribution in [1.82, 2.24) is 0 Å². The van der Waals surface area contributed by atoms with Gasteiger partial charge in [0.15, 0.2) is 0 Å². The van der Waals surface area contributed by atoms with E-state index in [1.54, 1.807) is 0 Å². The van der Waals surface area contributed by atoms with Gasteiger partial charge in [-0.15, -0.1) is 0 Å². The van der Waals surface area contributed by atoms with Gasteiger partial charge >= 0.3 is 0 Å². The number of rotatable bonds is 1. The molecule has 0 saturated carbocycles. The summed E-state index contributed by atoms with van der Waals surface area (Å²) in [4.78, 5) is 0. The van der Waals surface area contributed by atoms with Gasteiger partial charge in [-0.05, 0) is 58.3 Å². The van der Waals surface area contributed by atoms with E-state index in [0.717, 1.165) is 26.4 Å². The molecule has 24 heavy (non-hydrogen) atoms. The molecule has 0 atom stereocenters. The maximum Gasteiger partial charge on any atom is 0.136 e. The van der Waals surface area contributed by atoms with Gasteiger partial charge in [-0.1, -0.05) is 58.4 Å². The van der Waals surface area contributed by atoms with Crippen LogP contribution >= 0.6 is 15.9 Å². The van der Waals surface area contributed by atoms with Crippen molar-refractivity contribution in [2.24, 2.45) is 0 Å². The zero-order valence-electron chi connectivity index (χ0n) is 12.8. The Morgan fingerprint density at radius 3 is 2.12 bits per heavy atom. The highest BCUT2D eigenvalue weighted by molar-refractivity contribution is 9.10. The van der Waals surface area contributed by atoms with Crippen LogP contribution in [0.15, 0.2) is 87.8 Å². The molecule has 114 valence electrons. The van der Waals surface area contributed by atoms with Gasteiger partial charge in [-0.2, -0.15) is 0 Å². The summed E-state index contributed by atoms with van der Waals surface area (Å²) in [5.74, 6) is 0. The third kappa shape index (κ3) is 2.15. The maximum absolute atomic E-state index is 6.05. The van der Waals surface area contributed by atoms with Crippen LogP contribution in [0.3, 0.4) is 0 Å². The molecule has 0 saturated heterocycles. The maximum atomic E-state index is 6.05. The molecule has 5 rings (SSSR count). The molecular weight excluding hydrogens is 360 g/mol. The number of halogens is 1. The molecule has 0 unspecified atom stereocenters. The molecule has 0 amide bonds. The summed E-state index contributed by atoms with van der Waals surface area (Å²) in [5, 5.41) is 4.82. The molecular formula is C22H13BrO. The van der Waals surface area contributed by atoms with Gasteiger partial charge in [0.25, 0.3) is 0 Å². The van der Waals surface area contributed by atoms with Crippen LogP contribution in [0.5, 0.6) is 0 Å². The second-order valence-electron chi connectivity index (χ2n) is 6.02. The SMILES string of the molecule is Brc1ccc2c(c1)oc1cc(-c3ccc4ccccc4c3)ccc12.